The molecule has 0 atom stereocenters. The van der Waals surface area contributed by atoms with Crippen LogP contribution in [0.5, 0.6) is 0 Å². The molecular formula is C14H11FN4O2. The molecule has 0 unspecified atom stereocenters. The largest absolute Gasteiger partial charge is 0.481 e. The molecule has 2 heterocycles. The highest BCUT2D eigenvalue weighted by Gasteiger charge is 2.11. The van der Waals surface area contributed by atoms with E-state index in [2.05, 4.69) is 15.0 Å². The standard InChI is InChI=1S/C14H11FN4O2/c15-9-3-1-2-7-6-8-13(16)17-10(4-5-11(20)21)18-14(8)19-12(7)9/h1-3,6H,4-5H2,(H,20,21)(H2,16,17,18,19). The van der Waals surface area contributed by atoms with Crippen LogP contribution in [0.15, 0.2) is 24.3 Å². The van der Waals surface area contributed by atoms with Crippen molar-refractivity contribution >= 4 is 33.7 Å². The highest BCUT2D eigenvalue weighted by atomic mass is 19.1. The lowest BCUT2D eigenvalue weighted by atomic mass is 10.1. The number of nitrogens with two attached hydrogens (primary N) is 1. The van der Waals surface area contributed by atoms with Gasteiger partial charge >= 0.3 is 5.97 Å². The second-order valence-electron chi connectivity index (χ2n) is 4.59. The topological polar surface area (TPSA) is 102 Å². The summed E-state index contributed by atoms with van der Waals surface area (Å²) >= 11 is 0. The van der Waals surface area contributed by atoms with Crippen molar-refractivity contribution in [2.75, 3.05) is 5.73 Å². The zero-order chi connectivity index (χ0) is 15.0. The molecule has 7 heteroatoms. The molecule has 6 nitrogen and oxygen atoms in total. The molecule has 0 radical (unpaired) electrons. The van der Waals surface area contributed by atoms with Crippen LogP contribution in [0.2, 0.25) is 0 Å². The van der Waals surface area contributed by atoms with Gasteiger partial charge in [0.05, 0.1) is 11.8 Å². The molecule has 2 aromatic heterocycles. The van der Waals surface area contributed by atoms with E-state index in [0.29, 0.717) is 10.8 Å². The number of hydrogen-bond acceptors (Lipinski definition) is 5. The first-order valence-electron chi connectivity index (χ1n) is 6.28. The normalized spacial score (nSPS) is 11.1. The van der Waals surface area contributed by atoms with E-state index in [1.165, 1.54) is 6.07 Å². The Balaban J connectivity index is 2.18. The van der Waals surface area contributed by atoms with Crippen LogP contribution in [0, 0.1) is 5.82 Å². The number of aliphatic carboxylic acids is 1. The van der Waals surface area contributed by atoms with Gasteiger partial charge in [0.25, 0.3) is 0 Å². The molecule has 21 heavy (non-hydrogen) atoms. The molecule has 0 saturated carbocycles. The van der Waals surface area contributed by atoms with E-state index in [0.717, 1.165) is 0 Å². The number of benzene rings is 1. The summed E-state index contributed by atoms with van der Waals surface area (Å²) in [5, 5.41) is 9.81. The summed E-state index contributed by atoms with van der Waals surface area (Å²) in [6.45, 7) is 0. The summed E-state index contributed by atoms with van der Waals surface area (Å²) in [5.74, 6) is -0.905. The zero-order valence-electron chi connectivity index (χ0n) is 10.9. The highest BCUT2D eigenvalue weighted by molar-refractivity contribution is 5.95. The Labute approximate surface area is 118 Å². The van der Waals surface area contributed by atoms with Crippen LogP contribution in [0.4, 0.5) is 10.2 Å². The lowest BCUT2D eigenvalue weighted by Gasteiger charge is -2.06. The number of pyridine rings is 1. The van der Waals surface area contributed by atoms with Gasteiger partial charge in [0, 0.05) is 11.8 Å². The number of para-hydroxylation sites is 1. The van der Waals surface area contributed by atoms with Gasteiger partial charge in [-0.25, -0.2) is 19.3 Å². The number of anilines is 1. The van der Waals surface area contributed by atoms with Crippen LogP contribution in [0.25, 0.3) is 21.9 Å². The summed E-state index contributed by atoms with van der Waals surface area (Å²) < 4.78 is 13.8. The minimum absolute atomic E-state index is 0.104. The van der Waals surface area contributed by atoms with Crippen LogP contribution < -0.4 is 5.73 Å². The van der Waals surface area contributed by atoms with Gasteiger partial charge in [0.2, 0.25) is 0 Å². The Kier molecular flexibility index (Phi) is 3.09. The first-order chi connectivity index (χ1) is 10.0. The quantitative estimate of drug-likeness (QED) is 0.713. The van der Waals surface area contributed by atoms with Gasteiger partial charge < -0.3 is 10.8 Å². The van der Waals surface area contributed by atoms with Gasteiger partial charge in [-0.15, -0.1) is 0 Å². The van der Waals surface area contributed by atoms with Gasteiger partial charge in [-0.3, -0.25) is 4.79 Å². The SMILES string of the molecule is Nc1nc(CCC(=O)O)nc2nc3c(F)cccc3cc12. The number of fused-ring (bicyclic) bond motifs is 2. The Morgan fingerprint density at radius 3 is 2.86 bits per heavy atom. The van der Waals surface area contributed by atoms with Crippen molar-refractivity contribution in [2.45, 2.75) is 12.8 Å². The van der Waals surface area contributed by atoms with E-state index >= 15 is 0 Å². The number of carboxylic acid groups (broad SMARTS) is 1. The first kappa shape index (κ1) is 13.2. The second-order valence-corrected chi connectivity index (χ2v) is 4.59. The van der Waals surface area contributed by atoms with Crippen LogP contribution in [0.1, 0.15) is 12.2 Å². The second kappa shape index (κ2) is 4.93. The molecule has 0 amide bonds. The van der Waals surface area contributed by atoms with Crippen molar-refractivity contribution in [2.24, 2.45) is 0 Å². The number of halogens is 1. The number of hydrogen-bond donors (Lipinski definition) is 2. The monoisotopic (exact) mass is 286 g/mol. The molecule has 0 aliphatic carbocycles. The summed E-state index contributed by atoms with van der Waals surface area (Å²) in [6, 6.07) is 6.31. The summed E-state index contributed by atoms with van der Waals surface area (Å²) in [7, 11) is 0. The lowest BCUT2D eigenvalue weighted by molar-refractivity contribution is -0.137. The molecule has 0 aliphatic heterocycles. The van der Waals surface area contributed by atoms with E-state index in [4.69, 9.17) is 10.8 Å². The van der Waals surface area contributed by atoms with Crippen molar-refractivity contribution in [3.63, 3.8) is 0 Å². The Hall–Kier alpha value is -2.83. The molecule has 3 N–H and O–H groups in total. The molecule has 106 valence electrons. The predicted molar refractivity (Wildman–Crippen MR) is 75.2 cm³/mol. The van der Waals surface area contributed by atoms with E-state index in [1.54, 1.807) is 18.2 Å². The molecule has 0 fully saturated rings. The zero-order valence-corrected chi connectivity index (χ0v) is 10.9. The third kappa shape index (κ3) is 2.45. The van der Waals surface area contributed by atoms with E-state index in [1.807, 2.05) is 0 Å². The average Bonchev–Trinajstić information content (AvgIpc) is 2.44. The van der Waals surface area contributed by atoms with Crippen LogP contribution in [0.3, 0.4) is 0 Å². The number of carboxylic acids is 1. The number of nitrogen functional groups attached to an aromatic ring is 1. The Bertz CT molecular complexity index is 866. The maximum Gasteiger partial charge on any atom is 0.303 e. The van der Waals surface area contributed by atoms with Gasteiger partial charge in [-0.2, -0.15) is 0 Å². The van der Waals surface area contributed by atoms with Crippen molar-refractivity contribution in [1.82, 2.24) is 15.0 Å². The van der Waals surface area contributed by atoms with Crippen molar-refractivity contribution in [1.29, 1.82) is 0 Å². The Morgan fingerprint density at radius 2 is 2.10 bits per heavy atom. The predicted octanol–water partition coefficient (Wildman–Crippen LogP) is 1.92. The van der Waals surface area contributed by atoms with Crippen LogP contribution in [-0.2, 0) is 11.2 Å². The number of rotatable bonds is 3. The third-order valence-corrected chi connectivity index (χ3v) is 3.10. The molecule has 0 bridgehead atoms. The summed E-state index contributed by atoms with van der Waals surface area (Å²) in [6.07, 6.45) is 0.0410. The van der Waals surface area contributed by atoms with Crippen molar-refractivity contribution in [3.8, 4) is 0 Å². The molecule has 3 rings (SSSR count). The lowest BCUT2D eigenvalue weighted by Crippen LogP contribution is -2.05. The van der Waals surface area contributed by atoms with Gasteiger partial charge in [0.1, 0.15) is 23.0 Å². The van der Waals surface area contributed by atoms with Gasteiger partial charge in [-0.05, 0) is 12.1 Å². The minimum Gasteiger partial charge on any atom is -0.481 e. The smallest absolute Gasteiger partial charge is 0.303 e. The molecule has 0 saturated heterocycles. The molecule has 1 aromatic carbocycles. The fourth-order valence-corrected chi connectivity index (χ4v) is 2.10. The van der Waals surface area contributed by atoms with Gasteiger partial charge in [-0.1, -0.05) is 12.1 Å². The fraction of sp³-hybridized carbons (Fsp3) is 0.143. The van der Waals surface area contributed by atoms with E-state index in [-0.39, 0.29) is 35.6 Å². The number of aromatic nitrogens is 3. The molecule has 3 aromatic rings. The Morgan fingerprint density at radius 1 is 1.29 bits per heavy atom. The van der Waals surface area contributed by atoms with Crippen molar-refractivity contribution < 1.29 is 14.3 Å². The van der Waals surface area contributed by atoms with Gasteiger partial charge in [0.15, 0.2) is 5.65 Å². The number of aryl methyl sites for hydroxylation is 1. The van der Waals surface area contributed by atoms with Crippen LogP contribution >= 0.6 is 0 Å². The highest BCUT2D eigenvalue weighted by Crippen LogP contribution is 2.23. The van der Waals surface area contributed by atoms with Crippen LogP contribution in [-0.4, -0.2) is 26.0 Å². The average molecular weight is 286 g/mol. The van der Waals surface area contributed by atoms with Crippen molar-refractivity contribution in [3.05, 3.63) is 35.9 Å². The summed E-state index contributed by atoms with van der Waals surface area (Å²) in [4.78, 5) is 23.0. The molecular weight excluding hydrogens is 275 g/mol. The molecule has 0 aliphatic rings. The van der Waals surface area contributed by atoms with E-state index in [9.17, 15) is 9.18 Å². The number of nitrogens with zero attached hydrogens (tertiary/aromatic N) is 3. The number of carbonyl (C=O) groups is 1. The maximum atomic E-state index is 13.8. The first-order valence-corrected chi connectivity index (χ1v) is 6.28. The fourth-order valence-electron chi connectivity index (χ4n) is 2.10. The molecule has 0 spiro atoms. The summed E-state index contributed by atoms with van der Waals surface area (Å²) in [5.41, 5.74) is 6.33. The third-order valence-electron chi connectivity index (χ3n) is 3.10. The van der Waals surface area contributed by atoms with E-state index < -0.39 is 11.8 Å². The minimum atomic E-state index is -0.949. The maximum absolute atomic E-state index is 13.8.